The first-order chi connectivity index (χ1) is 29.6. The van der Waals surface area contributed by atoms with Gasteiger partial charge in [-0.2, -0.15) is 0 Å². The van der Waals surface area contributed by atoms with Crippen LogP contribution < -0.4 is 0 Å². The summed E-state index contributed by atoms with van der Waals surface area (Å²) < 4.78 is 35.1. The van der Waals surface area contributed by atoms with Gasteiger partial charge < -0.3 is 18.9 Å². The van der Waals surface area contributed by atoms with Gasteiger partial charge in [0, 0.05) is 13.0 Å². The Kier molecular flexibility index (Phi) is 43.0. The van der Waals surface area contributed by atoms with Gasteiger partial charge in [0.2, 0.25) is 0 Å². The van der Waals surface area contributed by atoms with Gasteiger partial charge in [0.1, 0.15) is 19.3 Å². The van der Waals surface area contributed by atoms with E-state index in [0.717, 1.165) is 77.0 Å². The maximum Gasteiger partial charge on any atom is 0.472 e. The first-order valence-corrected chi connectivity index (χ1v) is 26.2. The molecule has 354 valence electrons. The van der Waals surface area contributed by atoms with Crippen LogP contribution in [-0.4, -0.2) is 75.6 Å². The summed E-state index contributed by atoms with van der Waals surface area (Å²) in [6, 6.07) is 0. The fourth-order valence-electron chi connectivity index (χ4n) is 6.39. The predicted octanol–water partition coefficient (Wildman–Crippen LogP) is 15.1. The van der Waals surface area contributed by atoms with Crippen molar-refractivity contribution in [1.29, 1.82) is 0 Å². The molecule has 1 unspecified atom stereocenters. The van der Waals surface area contributed by atoms with E-state index in [4.69, 9.17) is 18.5 Å². The van der Waals surface area contributed by atoms with Crippen LogP contribution in [0, 0.1) is 0 Å². The van der Waals surface area contributed by atoms with Gasteiger partial charge in [0.15, 0.2) is 0 Å². The molecule has 0 aliphatic carbocycles. The summed E-state index contributed by atoms with van der Waals surface area (Å²) in [7, 11) is 1.64. The number of phosphoric ester groups is 1. The molecule has 0 rings (SSSR count). The molecule has 0 fully saturated rings. The molecule has 0 spiro atoms. The number of unbranched alkanes of at least 4 members (excludes halogenated alkanes) is 19. The zero-order valence-corrected chi connectivity index (χ0v) is 41.0. The third-order valence-electron chi connectivity index (χ3n) is 10.2. The second-order valence-corrected chi connectivity index (χ2v) is 18.9. The van der Waals surface area contributed by atoms with E-state index in [1.807, 2.05) is 21.1 Å². The molecule has 0 aromatic rings. The molecule has 61 heavy (non-hydrogen) atoms. The molecule has 0 heterocycles. The summed E-state index contributed by atoms with van der Waals surface area (Å²) in [6.07, 6.45) is 57.9. The maximum absolute atomic E-state index is 12.7. The zero-order valence-electron chi connectivity index (χ0n) is 40.1. The van der Waals surface area contributed by atoms with E-state index in [2.05, 4.69) is 86.8 Å². The number of ether oxygens (including phenoxy) is 2. The highest BCUT2D eigenvalue weighted by atomic mass is 31.2. The average Bonchev–Trinajstić information content (AvgIpc) is 3.22. The molecule has 0 aromatic carbocycles. The number of likely N-dealkylation sites (N-methyl/N-ethyl adjacent to an activating group) is 1. The summed E-state index contributed by atoms with van der Waals surface area (Å²) in [4.78, 5) is 23.0. The molecule has 0 bridgehead atoms. The Hall–Kier alpha value is -2.06. The van der Waals surface area contributed by atoms with Crippen molar-refractivity contribution in [3.05, 3.63) is 72.9 Å². The van der Waals surface area contributed by atoms with E-state index in [-0.39, 0.29) is 25.8 Å². The first kappa shape index (κ1) is 58.9. The Morgan fingerprint density at radius 2 is 0.902 bits per heavy atom. The zero-order chi connectivity index (χ0) is 44.8. The Bertz CT molecular complexity index is 1200. The fourth-order valence-corrected chi connectivity index (χ4v) is 7.13. The lowest BCUT2D eigenvalue weighted by Crippen LogP contribution is -2.37. The number of quaternary nitrogens is 1. The van der Waals surface area contributed by atoms with Crippen LogP contribution >= 0.6 is 7.82 Å². The van der Waals surface area contributed by atoms with Crippen molar-refractivity contribution in [2.75, 3.05) is 54.1 Å². The Morgan fingerprint density at radius 1 is 0.508 bits per heavy atom. The largest absolute Gasteiger partial charge is 0.472 e. The monoisotopic (exact) mass is 877 g/mol. The van der Waals surface area contributed by atoms with E-state index in [1.54, 1.807) is 0 Å². The van der Waals surface area contributed by atoms with E-state index in [1.165, 1.54) is 96.3 Å². The highest BCUT2D eigenvalue weighted by Crippen LogP contribution is 2.43. The Balaban J connectivity index is 4.24. The molecule has 2 atom stereocenters. The van der Waals surface area contributed by atoms with E-state index < -0.39 is 13.9 Å². The topological polar surface area (TPSA) is 91.3 Å². The quantitative estimate of drug-likeness (QED) is 0.0214. The molecule has 8 nitrogen and oxygen atoms in total. The molecule has 0 radical (unpaired) electrons. The van der Waals surface area contributed by atoms with Gasteiger partial charge in [-0.3, -0.25) is 13.8 Å². The van der Waals surface area contributed by atoms with Gasteiger partial charge in [0.05, 0.1) is 34.4 Å². The minimum absolute atomic E-state index is 0.0801. The van der Waals surface area contributed by atoms with Crippen molar-refractivity contribution >= 4 is 13.8 Å². The first-order valence-electron chi connectivity index (χ1n) is 24.7. The van der Waals surface area contributed by atoms with Crippen LogP contribution in [-0.2, 0) is 27.9 Å². The second-order valence-electron chi connectivity index (χ2n) is 17.5. The summed E-state index contributed by atoms with van der Waals surface area (Å²) in [6.45, 7) is 5.52. The van der Waals surface area contributed by atoms with Crippen molar-refractivity contribution < 1.29 is 37.3 Å². The molecular weight excluding hydrogens is 782 g/mol. The van der Waals surface area contributed by atoms with Crippen LogP contribution in [0.4, 0.5) is 0 Å². The highest BCUT2D eigenvalue weighted by molar-refractivity contribution is 7.47. The fraction of sp³-hybridized carbons (Fsp3) is 0.750. The molecule has 9 heteroatoms. The van der Waals surface area contributed by atoms with Crippen LogP contribution in [0.1, 0.15) is 194 Å². The summed E-state index contributed by atoms with van der Waals surface area (Å²) in [5, 5.41) is 0. The SMILES string of the molecule is CCCCC/C=C\C/C=C\C/C=C\CCCCCCCCCOC[C@H](COP(=O)(O)OCC[N+](C)(C)C)OC(=O)CCCCCCCC/C=C\C/C=C\C/C=C\CCCCC. The third-order valence-corrected chi connectivity index (χ3v) is 11.2. The minimum Gasteiger partial charge on any atom is -0.457 e. The van der Waals surface area contributed by atoms with Gasteiger partial charge in [-0.15, -0.1) is 0 Å². The number of nitrogens with zero attached hydrogens (tertiary/aromatic N) is 1. The maximum atomic E-state index is 12.7. The van der Waals surface area contributed by atoms with Crippen molar-refractivity contribution in [2.24, 2.45) is 0 Å². The van der Waals surface area contributed by atoms with Crippen molar-refractivity contribution in [3.63, 3.8) is 0 Å². The second kappa shape index (κ2) is 44.5. The number of esters is 1. The number of allylic oxidation sites excluding steroid dienone is 12. The van der Waals surface area contributed by atoms with E-state index in [9.17, 15) is 14.3 Å². The number of hydrogen-bond donors (Lipinski definition) is 1. The lowest BCUT2D eigenvalue weighted by molar-refractivity contribution is -0.870. The predicted molar refractivity (Wildman–Crippen MR) is 261 cm³/mol. The van der Waals surface area contributed by atoms with E-state index >= 15 is 0 Å². The van der Waals surface area contributed by atoms with Crippen molar-refractivity contribution in [3.8, 4) is 0 Å². The number of phosphoric acid groups is 1. The number of rotatable bonds is 45. The van der Waals surface area contributed by atoms with Gasteiger partial charge in [-0.1, -0.05) is 170 Å². The molecule has 0 saturated carbocycles. The van der Waals surface area contributed by atoms with Crippen LogP contribution in [0.15, 0.2) is 72.9 Å². The molecule has 1 N–H and O–H groups in total. The normalized spacial score (nSPS) is 14.3. The van der Waals surface area contributed by atoms with Crippen molar-refractivity contribution in [1.82, 2.24) is 0 Å². The van der Waals surface area contributed by atoms with Crippen molar-refractivity contribution in [2.45, 2.75) is 200 Å². The minimum atomic E-state index is -4.29. The molecule has 0 aromatic heterocycles. The van der Waals surface area contributed by atoms with Crippen LogP contribution in [0.2, 0.25) is 0 Å². The average molecular weight is 877 g/mol. The smallest absolute Gasteiger partial charge is 0.457 e. The van der Waals surface area contributed by atoms with Crippen LogP contribution in [0.25, 0.3) is 0 Å². The standard InChI is InChI=1S/C52H94NO7P/c1-6-8-10-12-14-16-18-20-22-24-26-28-30-32-34-36-38-40-42-44-47-57-49-51(50-59-61(55,56)58-48-46-53(3,4)5)60-52(54)45-43-41-39-37-35-33-31-29-27-25-23-21-19-17-15-13-11-9-7-2/h14-17,20-23,26-29,51H,6-13,18-19,24-25,30-50H2,1-5H3/p+1/b16-14-,17-15-,22-20-,23-21-,28-26-,29-27-/t51-/m1/s1. The number of hydrogen-bond acceptors (Lipinski definition) is 6. The molecular formula is C52H95NO7P+. The van der Waals surface area contributed by atoms with E-state index in [0.29, 0.717) is 24.1 Å². The van der Waals surface area contributed by atoms with Crippen LogP contribution in [0.3, 0.4) is 0 Å². The lowest BCUT2D eigenvalue weighted by Gasteiger charge is -2.24. The third kappa shape index (κ3) is 48.8. The highest BCUT2D eigenvalue weighted by Gasteiger charge is 2.26. The Morgan fingerprint density at radius 3 is 1.34 bits per heavy atom. The van der Waals surface area contributed by atoms with Gasteiger partial charge in [0.25, 0.3) is 0 Å². The Labute approximate surface area is 376 Å². The molecule has 0 aliphatic heterocycles. The molecule has 0 aliphatic rings. The van der Waals surface area contributed by atoms with Crippen LogP contribution in [0.5, 0.6) is 0 Å². The van der Waals surface area contributed by atoms with Gasteiger partial charge >= 0.3 is 13.8 Å². The summed E-state index contributed by atoms with van der Waals surface area (Å²) in [5.41, 5.74) is 0. The summed E-state index contributed by atoms with van der Waals surface area (Å²) >= 11 is 0. The lowest BCUT2D eigenvalue weighted by atomic mass is 10.1. The van der Waals surface area contributed by atoms with Gasteiger partial charge in [-0.25, -0.2) is 4.57 Å². The van der Waals surface area contributed by atoms with Gasteiger partial charge in [-0.05, 0) is 89.9 Å². The summed E-state index contributed by atoms with van der Waals surface area (Å²) in [5.74, 6) is -0.332. The number of carbonyl (C=O) groups excluding carboxylic acids is 1. The molecule has 0 amide bonds. The molecule has 0 saturated heterocycles. The number of carbonyl (C=O) groups is 1.